The molecule has 0 saturated heterocycles. The van der Waals surface area contributed by atoms with Gasteiger partial charge in [0, 0.05) is 36.1 Å². The van der Waals surface area contributed by atoms with Crippen molar-refractivity contribution in [3.63, 3.8) is 0 Å². The van der Waals surface area contributed by atoms with E-state index in [1.165, 1.54) is 6.20 Å². The highest BCUT2D eigenvalue weighted by atomic mass is 16.1. The van der Waals surface area contributed by atoms with E-state index in [1.54, 1.807) is 19.3 Å². The van der Waals surface area contributed by atoms with Crippen LogP contribution in [0.4, 0.5) is 0 Å². The van der Waals surface area contributed by atoms with Crippen LogP contribution in [0.5, 0.6) is 0 Å². The number of imidazole rings is 1. The van der Waals surface area contributed by atoms with Gasteiger partial charge in [-0.15, -0.1) is 0 Å². The van der Waals surface area contributed by atoms with Gasteiger partial charge in [-0.1, -0.05) is 30.8 Å². The molecule has 31 heavy (non-hydrogen) atoms. The predicted molar refractivity (Wildman–Crippen MR) is 128 cm³/mol. The van der Waals surface area contributed by atoms with E-state index in [9.17, 15) is 4.79 Å². The Morgan fingerprint density at radius 1 is 1.23 bits per heavy atom. The van der Waals surface area contributed by atoms with E-state index in [0.717, 1.165) is 28.0 Å². The van der Waals surface area contributed by atoms with E-state index in [-0.39, 0.29) is 17.3 Å². The van der Waals surface area contributed by atoms with Gasteiger partial charge in [0.15, 0.2) is 0 Å². The van der Waals surface area contributed by atoms with Gasteiger partial charge in [-0.3, -0.25) is 4.79 Å². The maximum Gasteiger partial charge on any atom is 0.251 e. The molecule has 160 valence electrons. The van der Waals surface area contributed by atoms with Crippen molar-refractivity contribution in [2.75, 3.05) is 7.05 Å². The minimum Gasteiger partial charge on any atom is -0.404 e. The molecule has 0 fully saturated rings. The van der Waals surface area contributed by atoms with Crippen molar-refractivity contribution in [3.8, 4) is 11.4 Å². The van der Waals surface area contributed by atoms with E-state index in [4.69, 9.17) is 16.5 Å². The van der Waals surface area contributed by atoms with Crippen LogP contribution >= 0.6 is 0 Å². The van der Waals surface area contributed by atoms with E-state index in [2.05, 4.69) is 42.2 Å². The average Bonchev–Trinajstić information content (AvgIpc) is 3.12. The lowest BCUT2D eigenvalue weighted by Gasteiger charge is -2.25. The molecule has 0 bridgehead atoms. The lowest BCUT2D eigenvalue weighted by Crippen LogP contribution is -2.24. The smallest absolute Gasteiger partial charge is 0.251 e. The summed E-state index contributed by atoms with van der Waals surface area (Å²) in [5.41, 5.74) is 15.7. The number of carbonyl (C=O) groups is 1. The highest BCUT2D eigenvalue weighted by Gasteiger charge is 2.25. The number of aromatic nitrogens is 2. The first kappa shape index (κ1) is 21.8. The van der Waals surface area contributed by atoms with Crippen molar-refractivity contribution in [2.24, 2.45) is 16.5 Å². The average molecular weight is 417 g/mol. The zero-order valence-corrected chi connectivity index (χ0v) is 18.3. The zero-order chi connectivity index (χ0) is 22.8. The van der Waals surface area contributed by atoms with E-state index in [0.29, 0.717) is 11.1 Å². The van der Waals surface area contributed by atoms with Crippen molar-refractivity contribution < 1.29 is 4.79 Å². The van der Waals surface area contributed by atoms with Crippen molar-refractivity contribution in [1.82, 2.24) is 14.9 Å². The first-order chi connectivity index (χ1) is 14.7. The number of fused-ring (bicyclic) bond motifs is 1. The Morgan fingerprint density at radius 3 is 2.55 bits per heavy atom. The molecule has 5 N–H and O–H groups in total. The SMILES string of the molecule is C=C(N)/N=C\C(=C/N)c1ccc2c(c1)nc(-c1ccccc1C(=O)NC)n2C(C)(C)C. The fourth-order valence-corrected chi connectivity index (χ4v) is 3.50. The Kier molecular flexibility index (Phi) is 5.97. The number of nitrogens with one attached hydrogen (secondary N) is 1. The first-order valence-electron chi connectivity index (χ1n) is 9.92. The fraction of sp³-hybridized carbons (Fsp3) is 0.208. The van der Waals surface area contributed by atoms with Crippen LogP contribution in [0.2, 0.25) is 0 Å². The van der Waals surface area contributed by atoms with Crippen LogP contribution in [0.25, 0.3) is 28.0 Å². The number of carbonyl (C=O) groups excluding carboxylic acids is 1. The molecule has 0 saturated carbocycles. The predicted octanol–water partition coefficient (Wildman–Crippen LogP) is 3.62. The monoisotopic (exact) mass is 416 g/mol. The van der Waals surface area contributed by atoms with Gasteiger partial charge in [-0.25, -0.2) is 9.98 Å². The second-order valence-electron chi connectivity index (χ2n) is 8.14. The summed E-state index contributed by atoms with van der Waals surface area (Å²) < 4.78 is 2.15. The molecule has 0 aliphatic rings. The van der Waals surface area contributed by atoms with E-state index < -0.39 is 0 Å². The van der Waals surface area contributed by atoms with Crippen LogP contribution in [0.3, 0.4) is 0 Å². The lowest BCUT2D eigenvalue weighted by atomic mass is 10.0. The molecule has 0 spiro atoms. The van der Waals surface area contributed by atoms with Crippen LogP contribution in [-0.4, -0.2) is 28.7 Å². The summed E-state index contributed by atoms with van der Waals surface area (Å²) in [6.45, 7) is 9.90. The number of aliphatic imine (C=N–C) groups is 1. The maximum absolute atomic E-state index is 12.5. The summed E-state index contributed by atoms with van der Waals surface area (Å²) in [7, 11) is 1.62. The highest BCUT2D eigenvalue weighted by molar-refractivity contribution is 6.10. The van der Waals surface area contributed by atoms with Crippen LogP contribution < -0.4 is 16.8 Å². The lowest BCUT2D eigenvalue weighted by molar-refractivity contribution is 0.0963. The molecule has 3 aromatic rings. The standard InChI is InChI=1S/C24H28N6O/c1-15(26)28-14-17(13-25)16-10-11-21-20(12-16)29-22(30(21)24(2,3)4)18-8-6-7-9-19(18)23(31)27-5/h6-14H,1,25-26H2,2-5H3,(H,27,31)/b17-13+,28-14-. The quantitative estimate of drug-likeness (QED) is 0.552. The first-order valence-corrected chi connectivity index (χ1v) is 9.92. The number of benzene rings is 2. The number of nitrogens with zero attached hydrogens (tertiary/aromatic N) is 3. The molecular weight excluding hydrogens is 388 g/mol. The number of hydrogen-bond donors (Lipinski definition) is 3. The van der Waals surface area contributed by atoms with E-state index >= 15 is 0 Å². The number of allylic oxidation sites excluding steroid dienone is 1. The second kappa shape index (κ2) is 8.47. The Hall–Kier alpha value is -3.87. The molecular formula is C24H28N6O. The normalized spacial score (nSPS) is 12.5. The number of rotatable bonds is 5. The molecule has 7 nitrogen and oxygen atoms in total. The van der Waals surface area contributed by atoms with Crippen LogP contribution in [0, 0.1) is 0 Å². The summed E-state index contributed by atoms with van der Waals surface area (Å²) >= 11 is 0. The maximum atomic E-state index is 12.5. The van der Waals surface area contributed by atoms with Crippen molar-refractivity contribution in [1.29, 1.82) is 0 Å². The summed E-state index contributed by atoms with van der Waals surface area (Å²) in [6.07, 6.45) is 3.04. The van der Waals surface area contributed by atoms with Gasteiger partial charge in [-0.2, -0.15) is 0 Å². The van der Waals surface area contributed by atoms with Gasteiger partial charge in [0.2, 0.25) is 0 Å². The summed E-state index contributed by atoms with van der Waals surface area (Å²) in [5, 5.41) is 2.71. The molecule has 3 rings (SSSR count). The zero-order valence-electron chi connectivity index (χ0n) is 18.3. The van der Waals surface area contributed by atoms with Gasteiger partial charge in [0.05, 0.1) is 16.6 Å². The molecule has 0 unspecified atom stereocenters. The van der Waals surface area contributed by atoms with Crippen molar-refractivity contribution in [2.45, 2.75) is 26.3 Å². The molecule has 0 aliphatic carbocycles. The number of nitrogens with two attached hydrogens (primary N) is 2. The van der Waals surface area contributed by atoms with Crippen molar-refractivity contribution >= 4 is 28.7 Å². The third-order valence-corrected chi connectivity index (χ3v) is 4.85. The minimum atomic E-state index is -0.271. The summed E-state index contributed by atoms with van der Waals surface area (Å²) in [6, 6.07) is 13.4. The molecule has 7 heteroatoms. The minimum absolute atomic E-state index is 0.157. The highest BCUT2D eigenvalue weighted by Crippen LogP contribution is 2.34. The van der Waals surface area contributed by atoms with E-state index in [1.807, 2.05) is 36.4 Å². The Balaban J connectivity index is 2.27. The van der Waals surface area contributed by atoms with Gasteiger partial charge in [0.25, 0.3) is 5.91 Å². The molecule has 1 heterocycles. The Morgan fingerprint density at radius 2 is 1.94 bits per heavy atom. The van der Waals surface area contributed by atoms with Crippen LogP contribution in [0.15, 0.2) is 66.1 Å². The third-order valence-electron chi connectivity index (χ3n) is 4.85. The summed E-state index contributed by atoms with van der Waals surface area (Å²) in [4.78, 5) is 21.5. The molecule has 1 aromatic heterocycles. The van der Waals surface area contributed by atoms with Gasteiger partial charge in [0.1, 0.15) is 11.6 Å². The Bertz CT molecular complexity index is 1210. The van der Waals surface area contributed by atoms with Gasteiger partial charge >= 0.3 is 0 Å². The van der Waals surface area contributed by atoms with Gasteiger partial charge in [-0.05, 0) is 44.5 Å². The van der Waals surface area contributed by atoms with Gasteiger partial charge < -0.3 is 21.4 Å². The van der Waals surface area contributed by atoms with Crippen molar-refractivity contribution in [3.05, 3.63) is 72.2 Å². The third kappa shape index (κ3) is 4.35. The molecule has 1 amide bonds. The molecule has 2 aromatic carbocycles. The van der Waals surface area contributed by atoms with Crippen LogP contribution in [0.1, 0.15) is 36.7 Å². The molecule has 0 aliphatic heterocycles. The number of hydrogen-bond acceptors (Lipinski definition) is 5. The largest absolute Gasteiger partial charge is 0.404 e. The molecule has 0 atom stereocenters. The summed E-state index contributed by atoms with van der Waals surface area (Å²) in [5.74, 6) is 0.766. The number of amides is 1. The molecule has 0 radical (unpaired) electrons. The fourth-order valence-electron chi connectivity index (χ4n) is 3.50. The second-order valence-corrected chi connectivity index (χ2v) is 8.14. The van der Waals surface area contributed by atoms with Crippen LogP contribution in [-0.2, 0) is 5.54 Å². The topological polar surface area (TPSA) is 111 Å². The Labute approximate surface area is 182 Å².